The van der Waals surface area contributed by atoms with Gasteiger partial charge < -0.3 is 11.1 Å². The number of benzene rings is 1. The van der Waals surface area contributed by atoms with Gasteiger partial charge in [0.05, 0.1) is 4.92 Å². The summed E-state index contributed by atoms with van der Waals surface area (Å²) in [6, 6.07) is 3.19. The van der Waals surface area contributed by atoms with E-state index in [2.05, 4.69) is 15.3 Å². The smallest absolute Gasteiger partial charge is 0.332 e. The largest absolute Gasteiger partial charge is 0.368 e. The minimum atomic E-state index is -0.908. The molecule has 0 aliphatic carbocycles. The number of nitrogens with two attached hydrogens (primary N) is 1. The monoisotopic (exact) mass is 281 g/mol. The fourth-order valence-corrected chi connectivity index (χ4v) is 1.63. The zero-order chi connectivity index (χ0) is 14.9. The van der Waals surface area contributed by atoms with Gasteiger partial charge in [-0.2, -0.15) is 4.98 Å². The van der Waals surface area contributed by atoms with Gasteiger partial charge in [0.1, 0.15) is 23.0 Å². The number of aryl methyl sites for hydroxylation is 1. The van der Waals surface area contributed by atoms with E-state index in [1.54, 1.807) is 0 Å². The molecule has 0 saturated heterocycles. The van der Waals surface area contributed by atoms with Crippen LogP contribution in [-0.2, 0) is 0 Å². The Bertz CT molecular complexity index is 673. The van der Waals surface area contributed by atoms with Crippen LogP contribution in [0.3, 0.4) is 0 Å². The second-order valence-corrected chi connectivity index (χ2v) is 3.84. The first-order chi connectivity index (χ1) is 9.40. The summed E-state index contributed by atoms with van der Waals surface area (Å²) in [6.07, 6.45) is 0. The molecule has 1 aromatic heterocycles. The maximum atomic E-state index is 13.5. The lowest BCUT2D eigenvalue weighted by molar-refractivity contribution is -0.385. The Kier molecular flexibility index (Phi) is 3.42. The number of halogens is 2. The highest BCUT2D eigenvalue weighted by Crippen LogP contribution is 2.30. The number of nitrogen functional groups attached to an aromatic ring is 1. The number of anilines is 3. The number of hydrogen-bond acceptors (Lipinski definition) is 6. The lowest BCUT2D eigenvalue weighted by Gasteiger charge is -2.09. The number of nitro groups is 1. The van der Waals surface area contributed by atoms with Crippen molar-refractivity contribution in [3.05, 3.63) is 45.6 Å². The maximum absolute atomic E-state index is 13.5. The van der Waals surface area contributed by atoms with E-state index < -0.39 is 27.9 Å². The molecule has 2 rings (SSSR count). The Morgan fingerprint density at radius 3 is 2.45 bits per heavy atom. The molecule has 9 heteroatoms. The van der Waals surface area contributed by atoms with Crippen LogP contribution in [0.1, 0.15) is 5.69 Å². The van der Waals surface area contributed by atoms with Gasteiger partial charge in [0, 0.05) is 0 Å². The van der Waals surface area contributed by atoms with Crippen LogP contribution in [0.4, 0.5) is 31.9 Å². The molecule has 0 aliphatic rings. The molecular formula is C11H9F2N5O2. The molecule has 0 amide bonds. The van der Waals surface area contributed by atoms with Crippen molar-refractivity contribution < 1.29 is 13.7 Å². The van der Waals surface area contributed by atoms with Crippen molar-refractivity contribution in [2.24, 2.45) is 0 Å². The summed E-state index contributed by atoms with van der Waals surface area (Å²) in [5.41, 5.74) is 4.33. The van der Waals surface area contributed by atoms with Crippen LogP contribution in [0.15, 0.2) is 18.2 Å². The lowest BCUT2D eigenvalue weighted by Crippen LogP contribution is -2.08. The first-order valence-electron chi connectivity index (χ1n) is 5.39. The quantitative estimate of drug-likeness (QED) is 0.660. The molecule has 7 nitrogen and oxygen atoms in total. The minimum Gasteiger partial charge on any atom is -0.368 e. The molecule has 0 radical (unpaired) electrons. The van der Waals surface area contributed by atoms with Crippen LogP contribution in [0, 0.1) is 28.7 Å². The van der Waals surface area contributed by atoms with Crippen LogP contribution in [0.5, 0.6) is 0 Å². The minimum absolute atomic E-state index is 0.0123. The molecule has 0 fully saturated rings. The van der Waals surface area contributed by atoms with Crippen LogP contribution < -0.4 is 11.1 Å². The van der Waals surface area contributed by atoms with Gasteiger partial charge >= 0.3 is 5.69 Å². The molecule has 1 heterocycles. The van der Waals surface area contributed by atoms with Crippen LogP contribution >= 0.6 is 0 Å². The number of aromatic nitrogens is 2. The van der Waals surface area contributed by atoms with E-state index in [0.717, 1.165) is 12.1 Å². The summed E-state index contributed by atoms with van der Waals surface area (Å²) in [7, 11) is 0. The third-order valence-corrected chi connectivity index (χ3v) is 2.46. The third kappa shape index (κ3) is 2.46. The third-order valence-electron chi connectivity index (χ3n) is 2.46. The van der Waals surface area contributed by atoms with Crippen molar-refractivity contribution in [3.8, 4) is 0 Å². The van der Waals surface area contributed by atoms with Gasteiger partial charge in [-0.1, -0.05) is 6.07 Å². The van der Waals surface area contributed by atoms with Gasteiger partial charge in [0.25, 0.3) is 0 Å². The molecular weight excluding hydrogens is 272 g/mol. The predicted molar refractivity (Wildman–Crippen MR) is 67.5 cm³/mol. The topological polar surface area (TPSA) is 107 Å². The number of rotatable bonds is 3. The zero-order valence-corrected chi connectivity index (χ0v) is 10.2. The Morgan fingerprint density at radius 2 is 1.90 bits per heavy atom. The molecule has 0 aliphatic heterocycles. The van der Waals surface area contributed by atoms with Gasteiger partial charge in [0.15, 0.2) is 0 Å². The molecule has 0 unspecified atom stereocenters. The Hall–Kier alpha value is -2.84. The Morgan fingerprint density at radius 1 is 1.30 bits per heavy atom. The first kappa shape index (κ1) is 13.6. The summed E-state index contributed by atoms with van der Waals surface area (Å²) in [5.74, 6) is -2.43. The predicted octanol–water partition coefficient (Wildman–Crippen LogP) is 2.30. The van der Waals surface area contributed by atoms with Crippen LogP contribution in [0.25, 0.3) is 0 Å². The normalized spacial score (nSPS) is 10.3. The highest BCUT2D eigenvalue weighted by Gasteiger charge is 2.23. The molecule has 1 aromatic carbocycles. The first-order valence-corrected chi connectivity index (χ1v) is 5.39. The Labute approximate surface area is 111 Å². The molecule has 0 saturated carbocycles. The van der Waals surface area contributed by atoms with E-state index >= 15 is 0 Å². The fraction of sp³-hybridized carbons (Fsp3) is 0.0909. The molecule has 0 spiro atoms. The number of para-hydroxylation sites is 1. The van der Waals surface area contributed by atoms with E-state index in [4.69, 9.17) is 5.73 Å². The van der Waals surface area contributed by atoms with Crippen LogP contribution in [0.2, 0.25) is 0 Å². The van der Waals surface area contributed by atoms with Crippen LogP contribution in [-0.4, -0.2) is 14.9 Å². The average Bonchev–Trinajstić information content (AvgIpc) is 2.32. The molecule has 0 atom stereocenters. The molecule has 0 bridgehead atoms. The fourth-order valence-electron chi connectivity index (χ4n) is 1.63. The maximum Gasteiger partial charge on any atom is 0.332 e. The van der Waals surface area contributed by atoms with E-state index in [1.807, 2.05) is 0 Å². The van der Waals surface area contributed by atoms with Crippen molar-refractivity contribution in [3.63, 3.8) is 0 Å². The van der Waals surface area contributed by atoms with E-state index in [9.17, 15) is 18.9 Å². The summed E-state index contributed by atoms with van der Waals surface area (Å²) in [5, 5.41) is 13.2. The molecule has 3 N–H and O–H groups in total. The van der Waals surface area contributed by atoms with E-state index in [-0.39, 0.29) is 17.5 Å². The number of nitrogens with zero attached hydrogens (tertiary/aromatic N) is 3. The lowest BCUT2D eigenvalue weighted by atomic mass is 10.2. The molecule has 2 aromatic rings. The van der Waals surface area contributed by atoms with Gasteiger partial charge in [-0.3, -0.25) is 10.1 Å². The molecule has 104 valence electrons. The van der Waals surface area contributed by atoms with Crippen molar-refractivity contribution in [1.29, 1.82) is 0 Å². The Balaban J connectivity index is 2.56. The van der Waals surface area contributed by atoms with Crippen molar-refractivity contribution in [1.82, 2.24) is 9.97 Å². The molecule has 20 heavy (non-hydrogen) atoms. The average molecular weight is 281 g/mol. The van der Waals surface area contributed by atoms with E-state index in [0.29, 0.717) is 0 Å². The number of nitrogens with one attached hydrogen (secondary N) is 1. The van der Waals surface area contributed by atoms with Crippen molar-refractivity contribution in [2.45, 2.75) is 6.92 Å². The summed E-state index contributed by atoms with van der Waals surface area (Å²) in [6.45, 7) is 1.35. The van der Waals surface area contributed by atoms with E-state index in [1.165, 1.54) is 13.0 Å². The van der Waals surface area contributed by atoms with Gasteiger partial charge in [0.2, 0.25) is 11.8 Å². The van der Waals surface area contributed by atoms with Gasteiger partial charge in [-0.05, 0) is 19.1 Å². The second-order valence-electron chi connectivity index (χ2n) is 3.84. The summed E-state index contributed by atoms with van der Waals surface area (Å²) in [4.78, 5) is 17.5. The standard InChI is InChI=1S/C11H9F2N5O2/c1-5-9(18(19)20)10(17-11(14)15-5)16-8-6(12)3-2-4-7(8)13/h2-4H,1H3,(H3,14,15,16,17). The summed E-state index contributed by atoms with van der Waals surface area (Å²) >= 11 is 0. The second kappa shape index (κ2) is 5.03. The highest BCUT2D eigenvalue weighted by atomic mass is 19.1. The highest BCUT2D eigenvalue weighted by molar-refractivity contribution is 5.68. The SMILES string of the molecule is Cc1nc(N)nc(Nc2c(F)cccc2F)c1[N+](=O)[O-]. The number of hydrogen-bond donors (Lipinski definition) is 2. The van der Waals surface area contributed by atoms with Crippen molar-refractivity contribution in [2.75, 3.05) is 11.1 Å². The van der Waals surface area contributed by atoms with Crippen molar-refractivity contribution >= 4 is 23.1 Å². The zero-order valence-electron chi connectivity index (χ0n) is 10.2. The summed E-state index contributed by atoms with van der Waals surface area (Å²) < 4.78 is 27.0. The van der Waals surface area contributed by atoms with Gasteiger partial charge in [-0.25, -0.2) is 13.8 Å². The van der Waals surface area contributed by atoms with Gasteiger partial charge in [-0.15, -0.1) is 0 Å².